The molecule has 5 nitrogen and oxygen atoms in total. The molecule has 142 valence electrons. The molecule has 1 unspecified atom stereocenters. The summed E-state index contributed by atoms with van der Waals surface area (Å²) in [7, 11) is 1.73. The number of benzene rings is 1. The van der Waals surface area contributed by atoms with Crippen molar-refractivity contribution in [1.82, 2.24) is 10.6 Å². The average Bonchev–Trinajstić information content (AvgIpc) is 3.05. The highest BCUT2D eigenvalue weighted by Gasteiger charge is 2.22. The number of methoxy groups -OCH3 is 1. The van der Waals surface area contributed by atoms with Crippen LogP contribution in [0.5, 0.6) is 0 Å². The van der Waals surface area contributed by atoms with Crippen molar-refractivity contribution in [2.24, 2.45) is 10.9 Å². The van der Waals surface area contributed by atoms with Crippen LogP contribution in [0, 0.1) is 5.92 Å². The summed E-state index contributed by atoms with van der Waals surface area (Å²) in [6.07, 6.45) is 2.18. The molecule has 0 saturated carbocycles. The first-order valence-corrected chi connectivity index (χ1v) is 9.54. The van der Waals surface area contributed by atoms with Gasteiger partial charge in [0.2, 0.25) is 0 Å². The van der Waals surface area contributed by atoms with Crippen LogP contribution in [0.1, 0.15) is 19.8 Å². The Morgan fingerprint density at radius 2 is 2.24 bits per heavy atom. The Morgan fingerprint density at radius 1 is 1.40 bits per heavy atom. The van der Waals surface area contributed by atoms with Crippen molar-refractivity contribution < 1.29 is 4.74 Å². The predicted molar refractivity (Wildman–Crippen MR) is 120 cm³/mol. The van der Waals surface area contributed by atoms with E-state index in [2.05, 4.69) is 62.7 Å². The van der Waals surface area contributed by atoms with Crippen molar-refractivity contribution >= 4 is 51.6 Å². The van der Waals surface area contributed by atoms with Gasteiger partial charge in [-0.1, -0.05) is 22.0 Å². The zero-order chi connectivity index (χ0) is 17.2. The topological polar surface area (TPSA) is 48.9 Å². The Kier molecular flexibility index (Phi) is 11.5. The summed E-state index contributed by atoms with van der Waals surface area (Å²) in [4.78, 5) is 7.20. The number of nitrogens with zero attached hydrogens (tertiary/aromatic N) is 2. The fourth-order valence-corrected chi connectivity index (χ4v) is 3.26. The number of guanidine groups is 1. The van der Waals surface area contributed by atoms with Crippen molar-refractivity contribution in [3.05, 3.63) is 28.7 Å². The molecule has 0 aromatic heterocycles. The van der Waals surface area contributed by atoms with Crippen LogP contribution in [0.15, 0.2) is 33.7 Å². The second-order valence-corrected chi connectivity index (χ2v) is 6.99. The molecule has 7 heteroatoms. The van der Waals surface area contributed by atoms with Gasteiger partial charge in [-0.15, -0.1) is 24.0 Å². The maximum Gasteiger partial charge on any atom is 0.191 e. The smallest absolute Gasteiger partial charge is 0.191 e. The van der Waals surface area contributed by atoms with Gasteiger partial charge in [-0.05, 0) is 43.9 Å². The molecule has 1 heterocycles. The standard InChI is InChI=1S/C18H29BrN4O.HI/c1-3-20-18(21-9-5-11-24-2)22-13-15-8-10-23(14-15)17-7-4-6-16(19)12-17;/h4,6-7,12,15H,3,5,8-11,13-14H2,1-2H3,(H2,20,21,22);1H. The monoisotopic (exact) mass is 524 g/mol. The molecule has 1 fully saturated rings. The molecule has 0 bridgehead atoms. The van der Waals surface area contributed by atoms with Crippen molar-refractivity contribution in [2.75, 3.05) is 51.3 Å². The quantitative estimate of drug-likeness (QED) is 0.236. The minimum absolute atomic E-state index is 0. The second-order valence-electron chi connectivity index (χ2n) is 6.07. The van der Waals surface area contributed by atoms with Crippen LogP contribution < -0.4 is 15.5 Å². The summed E-state index contributed by atoms with van der Waals surface area (Å²) in [5.41, 5.74) is 1.29. The van der Waals surface area contributed by atoms with Gasteiger partial charge >= 0.3 is 0 Å². The van der Waals surface area contributed by atoms with Crippen LogP contribution in [-0.4, -0.2) is 52.4 Å². The minimum Gasteiger partial charge on any atom is -0.385 e. The zero-order valence-corrected chi connectivity index (χ0v) is 19.0. The molecule has 1 saturated heterocycles. The average molecular weight is 525 g/mol. The van der Waals surface area contributed by atoms with E-state index in [0.717, 1.165) is 56.2 Å². The van der Waals surface area contributed by atoms with E-state index in [4.69, 9.17) is 9.73 Å². The van der Waals surface area contributed by atoms with Crippen LogP contribution in [0.3, 0.4) is 0 Å². The molecule has 2 N–H and O–H groups in total. The van der Waals surface area contributed by atoms with E-state index in [0.29, 0.717) is 5.92 Å². The molecule has 25 heavy (non-hydrogen) atoms. The van der Waals surface area contributed by atoms with Crippen molar-refractivity contribution in [3.63, 3.8) is 0 Å². The third kappa shape index (κ3) is 8.13. The Hall–Kier alpha value is -0.540. The van der Waals surface area contributed by atoms with Gasteiger partial charge in [0, 0.05) is 56.6 Å². The number of anilines is 1. The van der Waals surface area contributed by atoms with Gasteiger partial charge in [0.25, 0.3) is 0 Å². The second kappa shape index (κ2) is 12.8. The zero-order valence-electron chi connectivity index (χ0n) is 15.1. The van der Waals surface area contributed by atoms with Gasteiger partial charge in [-0.2, -0.15) is 0 Å². The first kappa shape index (κ1) is 22.5. The summed E-state index contributed by atoms with van der Waals surface area (Å²) >= 11 is 3.55. The Morgan fingerprint density at radius 3 is 2.96 bits per heavy atom. The molecule has 1 aliphatic heterocycles. The van der Waals surface area contributed by atoms with Crippen LogP contribution in [-0.2, 0) is 4.74 Å². The van der Waals surface area contributed by atoms with Crippen molar-refractivity contribution in [3.8, 4) is 0 Å². The number of hydrogen-bond acceptors (Lipinski definition) is 3. The van der Waals surface area contributed by atoms with Gasteiger partial charge < -0.3 is 20.3 Å². The lowest BCUT2D eigenvalue weighted by Crippen LogP contribution is -2.38. The highest BCUT2D eigenvalue weighted by Crippen LogP contribution is 2.26. The SMILES string of the molecule is CCNC(=NCC1CCN(c2cccc(Br)c2)C1)NCCCOC.I. The molecule has 1 aromatic rings. The largest absolute Gasteiger partial charge is 0.385 e. The maximum absolute atomic E-state index is 5.08. The third-order valence-corrected chi connectivity index (χ3v) is 4.62. The predicted octanol–water partition coefficient (Wildman–Crippen LogP) is 3.49. The van der Waals surface area contributed by atoms with E-state index >= 15 is 0 Å². The van der Waals surface area contributed by atoms with E-state index in [1.165, 1.54) is 12.1 Å². The van der Waals surface area contributed by atoms with Crippen LogP contribution in [0.25, 0.3) is 0 Å². The van der Waals surface area contributed by atoms with Crippen molar-refractivity contribution in [2.45, 2.75) is 19.8 Å². The number of halogens is 2. The van der Waals surface area contributed by atoms with Crippen LogP contribution in [0.4, 0.5) is 5.69 Å². The molecular formula is C18H30BrIN4O. The van der Waals surface area contributed by atoms with E-state index < -0.39 is 0 Å². The first-order chi connectivity index (χ1) is 11.7. The molecule has 0 amide bonds. The summed E-state index contributed by atoms with van der Waals surface area (Å²) < 4.78 is 6.21. The highest BCUT2D eigenvalue weighted by molar-refractivity contribution is 14.0. The van der Waals surface area contributed by atoms with E-state index in [1.807, 2.05) is 0 Å². The lowest BCUT2D eigenvalue weighted by molar-refractivity contribution is 0.195. The third-order valence-electron chi connectivity index (χ3n) is 4.13. The molecule has 1 atom stereocenters. The van der Waals surface area contributed by atoms with Gasteiger partial charge in [0.1, 0.15) is 0 Å². The number of aliphatic imine (C=N–C) groups is 1. The summed E-state index contributed by atoms with van der Waals surface area (Å²) in [6, 6.07) is 8.53. The van der Waals surface area contributed by atoms with E-state index in [1.54, 1.807) is 7.11 Å². The molecule has 0 radical (unpaired) electrons. The van der Waals surface area contributed by atoms with Crippen molar-refractivity contribution in [1.29, 1.82) is 0 Å². The number of ether oxygens (including phenoxy) is 1. The normalized spacial score (nSPS) is 17.3. The van der Waals surface area contributed by atoms with E-state index in [9.17, 15) is 0 Å². The molecule has 2 rings (SSSR count). The van der Waals surface area contributed by atoms with Gasteiger partial charge in [0.05, 0.1) is 0 Å². The number of rotatable bonds is 8. The minimum atomic E-state index is 0. The van der Waals surface area contributed by atoms with E-state index in [-0.39, 0.29) is 24.0 Å². The number of nitrogens with one attached hydrogen (secondary N) is 2. The van der Waals surface area contributed by atoms with Gasteiger partial charge in [-0.25, -0.2) is 0 Å². The molecule has 0 spiro atoms. The summed E-state index contributed by atoms with van der Waals surface area (Å²) in [5, 5.41) is 6.68. The molecule has 1 aromatic carbocycles. The Bertz CT molecular complexity index is 530. The van der Waals surface area contributed by atoms with Crippen LogP contribution in [0.2, 0.25) is 0 Å². The molecular weight excluding hydrogens is 495 g/mol. The lowest BCUT2D eigenvalue weighted by atomic mass is 10.1. The summed E-state index contributed by atoms with van der Waals surface area (Å²) in [5.74, 6) is 1.52. The fourth-order valence-electron chi connectivity index (χ4n) is 2.87. The first-order valence-electron chi connectivity index (χ1n) is 8.74. The molecule has 0 aliphatic carbocycles. The summed E-state index contributed by atoms with van der Waals surface area (Å²) in [6.45, 7) is 7.68. The van der Waals surface area contributed by atoms with Gasteiger partial charge in [0.15, 0.2) is 5.96 Å². The number of hydrogen-bond donors (Lipinski definition) is 2. The van der Waals surface area contributed by atoms with Crippen LogP contribution >= 0.6 is 39.9 Å². The molecule has 1 aliphatic rings. The highest BCUT2D eigenvalue weighted by atomic mass is 127. The lowest BCUT2D eigenvalue weighted by Gasteiger charge is -2.18. The Labute approximate surface area is 177 Å². The van der Waals surface area contributed by atoms with Gasteiger partial charge in [-0.3, -0.25) is 4.99 Å². The Balaban J connectivity index is 0.00000312. The fraction of sp³-hybridized carbons (Fsp3) is 0.611. The maximum atomic E-state index is 5.08.